The fraction of sp³-hybridized carbons (Fsp3) is 0.375. The van der Waals surface area contributed by atoms with Crippen molar-refractivity contribution in [3.8, 4) is 5.75 Å². The normalized spacial score (nSPS) is 23.0. The smallest absolute Gasteiger partial charge is 0.273 e. The molecular weight excluding hydrogens is 394 g/mol. The number of nitrogens with zero attached hydrogens (tertiary/aromatic N) is 2. The predicted molar refractivity (Wildman–Crippen MR) is 113 cm³/mol. The molecule has 2 aromatic carbocycles. The summed E-state index contributed by atoms with van der Waals surface area (Å²) in [4.78, 5) is 37.2. The van der Waals surface area contributed by atoms with Crippen LogP contribution in [0.2, 0.25) is 0 Å². The van der Waals surface area contributed by atoms with Crippen molar-refractivity contribution < 1.29 is 19.1 Å². The maximum absolute atomic E-state index is 12.8. The van der Waals surface area contributed by atoms with E-state index in [0.29, 0.717) is 30.6 Å². The van der Waals surface area contributed by atoms with Crippen molar-refractivity contribution in [2.24, 2.45) is 0 Å². The SMILES string of the molecule is O=C1c2ccc(O[C@@H]3CC[C@H]3NCc3ccccc3)cc2CN1N1C(=O)CCCC1=O. The topological polar surface area (TPSA) is 79.0 Å². The highest BCUT2D eigenvalue weighted by Crippen LogP contribution is 2.32. The first-order valence-electron chi connectivity index (χ1n) is 10.8. The molecule has 2 aromatic rings. The quantitative estimate of drug-likeness (QED) is 0.729. The van der Waals surface area contributed by atoms with Gasteiger partial charge >= 0.3 is 0 Å². The van der Waals surface area contributed by atoms with Crippen LogP contribution < -0.4 is 10.1 Å². The van der Waals surface area contributed by atoms with Gasteiger partial charge in [0.2, 0.25) is 11.8 Å². The van der Waals surface area contributed by atoms with Crippen LogP contribution in [0.4, 0.5) is 0 Å². The van der Waals surface area contributed by atoms with Gasteiger partial charge in [-0.3, -0.25) is 14.4 Å². The number of benzene rings is 2. The Kier molecular flexibility index (Phi) is 5.19. The molecule has 0 aromatic heterocycles. The Hall–Kier alpha value is -3.19. The van der Waals surface area contributed by atoms with Crippen molar-refractivity contribution in [3.05, 3.63) is 65.2 Å². The van der Waals surface area contributed by atoms with Gasteiger partial charge in [-0.1, -0.05) is 30.3 Å². The molecule has 7 heteroatoms. The lowest BCUT2D eigenvalue weighted by Gasteiger charge is -2.37. The van der Waals surface area contributed by atoms with Crippen LogP contribution in [0.25, 0.3) is 0 Å². The standard InChI is InChI=1S/C24H25N3O4/c28-22-7-4-8-23(29)27(22)26-15-17-13-18(9-10-19(17)24(26)30)31-21-12-11-20(21)25-14-16-5-2-1-3-6-16/h1-3,5-6,9-10,13,20-21,25H,4,7-8,11-12,14-15H2/t20-,21-/m1/s1. The fourth-order valence-electron chi connectivity index (χ4n) is 4.39. The number of nitrogens with one attached hydrogen (secondary N) is 1. The molecule has 1 saturated carbocycles. The minimum absolute atomic E-state index is 0.0835. The van der Waals surface area contributed by atoms with Crippen LogP contribution in [0.1, 0.15) is 53.6 Å². The van der Waals surface area contributed by atoms with Crippen LogP contribution in [0.5, 0.6) is 5.75 Å². The Morgan fingerprint density at radius 3 is 2.45 bits per heavy atom. The summed E-state index contributed by atoms with van der Waals surface area (Å²) in [6.45, 7) is 1.01. The van der Waals surface area contributed by atoms with E-state index in [2.05, 4.69) is 17.4 Å². The number of imide groups is 1. The summed E-state index contributed by atoms with van der Waals surface area (Å²) in [5, 5.41) is 5.86. The number of fused-ring (bicyclic) bond motifs is 1. The van der Waals surface area contributed by atoms with Crippen molar-refractivity contribution in [3.63, 3.8) is 0 Å². The lowest BCUT2D eigenvalue weighted by molar-refractivity contribution is -0.163. The number of hydrogen-bond donors (Lipinski definition) is 1. The molecule has 1 N–H and O–H groups in total. The molecule has 1 aliphatic carbocycles. The molecule has 2 fully saturated rings. The van der Waals surface area contributed by atoms with E-state index >= 15 is 0 Å². The van der Waals surface area contributed by atoms with E-state index in [0.717, 1.165) is 30.0 Å². The summed E-state index contributed by atoms with van der Waals surface area (Å²) in [5.41, 5.74) is 2.54. The van der Waals surface area contributed by atoms with E-state index in [9.17, 15) is 14.4 Å². The molecule has 3 amide bonds. The van der Waals surface area contributed by atoms with E-state index in [1.807, 2.05) is 24.3 Å². The van der Waals surface area contributed by atoms with Gasteiger partial charge in [-0.2, -0.15) is 5.01 Å². The molecule has 3 aliphatic rings. The molecule has 31 heavy (non-hydrogen) atoms. The Morgan fingerprint density at radius 2 is 1.74 bits per heavy atom. The Morgan fingerprint density at radius 1 is 0.968 bits per heavy atom. The zero-order valence-electron chi connectivity index (χ0n) is 17.3. The molecule has 160 valence electrons. The second kappa shape index (κ2) is 8.15. The van der Waals surface area contributed by atoms with Crippen LogP contribution in [-0.2, 0) is 22.7 Å². The molecule has 0 radical (unpaired) electrons. The van der Waals surface area contributed by atoms with Crippen LogP contribution in [0.15, 0.2) is 48.5 Å². The number of hydrogen-bond acceptors (Lipinski definition) is 5. The van der Waals surface area contributed by atoms with Gasteiger partial charge in [-0.15, -0.1) is 0 Å². The third kappa shape index (κ3) is 3.81. The molecule has 5 rings (SSSR count). The number of piperidine rings is 1. The monoisotopic (exact) mass is 419 g/mol. The number of ether oxygens (including phenoxy) is 1. The minimum atomic E-state index is -0.310. The number of carbonyl (C=O) groups is 3. The molecule has 2 aliphatic heterocycles. The van der Waals surface area contributed by atoms with Gasteiger partial charge in [-0.05, 0) is 48.6 Å². The zero-order valence-corrected chi connectivity index (χ0v) is 17.3. The summed E-state index contributed by atoms with van der Waals surface area (Å²) in [5.74, 6) is -0.219. The van der Waals surface area contributed by atoms with Gasteiger partial charge < -0.3 is 10.1 Å². The molecular formula is C24H25N3O4. The minimum Gasteiger partial charge on any atom is -0.489 e. The molecule has 1 saturated heterocycles. The first kappa shape index (κ1) is 19.8. The highest BCUT2D eigenvalue weighted by molar-refractivity contribution is 6.04. The summed E-state index contributed by atoms with van der Waals surface area (Å²) in [6.07, 6.45) is 3.25. The second-order valence-electron chi connectivity index (χ2n) is 8.34. The van der Waals surface area contributed by atoms with Crippen molar-refractivity contribution in [1.29, 1.82) is 0 Å². The first-order valence-corrected chi connectivity index (χ1v) is 10.8. The molecule has 2 heterocycles. The van der Waals surface area contributed by atoms with Gasteiger partial charge in [0, 0.05) is 31.0 Å². The number of amides is 3. The third-order valence-electron chi connectivity index (χ3n) is 6.27. The maximum atomic E-state index is 12.8. The van der Waals surface area contributed by atoms with E-state index in [4.69, 9.17) is 4.74 Å². The average Bonchev–Trinajstić information content (AvgIpc) is 3.07. The van der Waals surface area contributed by atoms with Gasteiger partial charge in [-0.25, -0.2) is 5.01 Å². The maximum Gasteiger partial charge on any atom is 0.273 e. The number of rotatable bonds is 6. The summed E-state index contributed by atoms with van der Waals surface area (Å²) in [6, 6.07) is 16.0. The van der Waals surface area contributed by atoms with E-state index in [1.165, 1.54) is 10.6 Å². The van der Waals surface area contributed by atoms with Gasteiger partial charge in [0.1, 0.15) is 11.9 Å². The lowest BCUT2D eigenvalue weighted by Crippen LogP contribution is -2.51. The lowest BCUT2D eigenvalue weighted by atomic mass is 9.88. The van der Waals surface area contributed by atoms with E-state index in [1.54, 1.807) is 12.1 Å². The predicted octanol–water partition coefficient (Wildman–Crippen LogP) is 2.80. The van der Waals surface area contributed by atoms with Crippen molar-refractivity contribution >= 4 is 17.7 Å². The highest BCUT2D eigenvalue weighted by Gasteiger charge is 2.39. The zero-order chi connectivity index (χ0) is 21.4. The highest BCUT2D eigenvalue weighted by atomic mass is 16.5. The Balaban J connectivity index is 1.23. The van der Waals surface area contributed by atoms with Gasteiger partial charge in [0.15, 0.2) is 0 Å². The Labute approximate surface area is 180 Å². The third-order valence-corrected chi connectivity index (χ3v) is 6.27. The summed E-state index contributed by atoms with van der Waals surface area (Å²) >= 11 is 0. The van der Waals surface area contributed by atoms with Gasteiger partial charge in [0.25, 0.3) is 5.91 Å². The number of hydrazine groups is 1. The largest absolute Gasteiger partial charge is 0.489 e. The van der Waals surface area contributed by atoms with Crippen molar-refractivity contribution in [2.75, 3.05) is 0 Å². The first-order chi connectivity index (χ1) is 15.1. The second-order valence-corrected chi connectivity index (χ2v) is 8.34. The van der Waals surface area contributed by atoms with Crippen molar-refractivity contribution in [2.45, 2.75) is 57.3 Å². The molecule has 0 bridgehead atoms. The van der Waals surface area contributed by atoms with Gasteiger partial charge in [0.05, 0.1) is 6.54 Å². The van der Waals surface area contributed by atoms with Crippen LogP contribution >= 0.6 is 0 Å². The molecule has 7 nitrogen and oxygen atoms in total. The van der Waals surface area contributed by atoms with E-state index in [-0.39, 0.29) is 36.4 Å². The van der Waals surface area contributed by atoms with Crippen LogP contribution in [0, 0.1) is 0 Å². The van der Waals surface area contributed by atoms with Crippen LogP contribution in [-0.4, -0.2) is 39.9 Å². The van der Waals surface area contributed by atoms with Crippen molar-refractivity contribution in [1.82, 2.24) is 15.3 Å². The molecule has 0 unspecified atom stereocenters. The summed E-state index contributed by atoms with van der Waals surface area (Å²) < 4.78 is 6.20. The molecule has 2 atom stereocenters. The molecule has 0 spiro atoms. The average molecular weight is 419 g/mol. The Bertz CT molecular complexity index is 1010. The number of carbonyl (C=O) groups excluding carboxylic acids is 3. The summed E-state index contributed by atoms with van der Waals surface area (Å²) in [7, 11) is 0. The van der Waals surface area contributed by atoms with E-state index < -0.39 is 0 Å². The van der Waals surface area contributed by atoms with Crippen LogP contribution in [0.3, 0.4) is 0 Å². The fourth-order valence-corrected chi connectivity index (χ4v) is 4.39.